The van der Waals surface area contributed by atoms with Crippen LogP contribution in [0.1, 0.15) is 32.6 Å². The van der Waals surface area contributed by atoms with E-state index in [1.165, 1.54) is 25.7 Å². The maximum absolute atomic E-state index is 10.8. The summed E-state index contributed by atoms with van der Waals surface area (Å²) in [4.78, 5) is 0. The monoisotopic (exact) mass is 161 g/mol. The summed E-state index contributed by atoms with van der Waals surface area (Å²) in [5, 5.41) is 0. The van der Waals surface area contributed by atoms with Gasteiger partial charge in [0.2, 0.25) is 0 Å². The third-order valence-corrected chi connectivity index (χ3v) is 2.88. The Kier molecular flexibility index (Phi) is 2.47. The summed E-state index contributed by atoms with van der Waals surface area (Å²) in [6.07, 6.45) is 6.60. The maximum atomic E-state index is 10.8. The highest BCUT2D eigenvalue weighted by Crippen LogP contribution is 2.28. The van der Waals surface area contributed by atoms with E-state index in [2.05, 4.69) is 11.6 Å². The Balaban J connectivity index is 2.43. The minimum absolute atomic E-state index is 0.166. The Morgan fingerprint density at radius 1 is 1.40 bits per heavy atom. The van der Waals surface area contributed by atoms with Crippen LogP contribution in [0.5, 0.6) is 0 Å². The molecule has 1 saturated carbocycles. The Morgan fingerprint density at radius 2 is 1.90 bits per heavy atom. The minimum atomic E-state index is -0.845. The van der Waals surface area contributed by atoms with Crippen LogP contribution in [0.4, 0.5) is 0 Å². The Labute approximate surface area is 65.0 Å². The molecular formula is C7H15NOS. The first-order valence-electron chi connectivity index (χ1n) is 3.74. The fourth-order valence-electron chi connectivity index (χ4n) is 1.60. The summed E-state index contributed by atoms with van der Waals surface area (Å²) in [7, 11) is -0.845. The van der Waals surface area contributed by atoms with Gasteiger partial charge >= 0.3 is 0 Å². The number of hydrogen-bond acceptors (Lipinski definition) is 1. The van der Waals surface area contributed by atoms with Gasteiger partial charge in [0.05, 0.1) is 11.0 Å². The van der Waals surface area contributed by atoms with Crippen molar-refractivity contribution in [2.75, 3.05) is 6.26 Å². The molecule has 10 heavy (non-hydrogen) atoms. The molecule has 0 bridgehead atoms. The third kappa shape index (κ3) is 2.06. The van der Waals surface area contributed by atoms with Gasteiger partial charge in [0.25, 0.3) is 0 Å². The molecule has 0 aromatic rings. The van der Waals surface area contributed by atoms with Crippen LogP contribution in [0, 0.1) is 0 Å². The van der Waals surface area contributed by atoms with Crippen LogP contribution in [0.2, 0.25) is 0 Å². The fraction of sp³-hybridized carbons (Fsp3) is 1.00. The second kappa shape index (κ2) is 3.01. The standard InChI is InChI=1S/C7H15NOS/c1-7(8-10(2)9)5-3-4-6-7/h8H,3-6H2,1-2H3. The smallest absolute Gasteiger partial charge is 0.0888 e. The van der Waals surface area contributed by atoms with Crippen LogP contribution in [0.15, 0.2) is 0 Å². The molecular weight excluding hydrogens is 146 g/mol. The molecule has 0 heterocycles. The highest BCUT2D eigenvalue weighted by atomic mass is 32.2. The molecule has 1 fully saturated rings. The van der Waals surface area contributed by atoms with Crippen LogP contribution in [-0.2, 0) is 11.0 Å². The molecule has 3 heteroatoms. The molecule has 1 aliphatic carbocycles. The van der Waals surface area contributed by atoms with Gasteiger partial charge in [-0.3, -0.25) is 0 Å². The van der Waals surface area contributed by atoms with Crippen molar-refractivity contribution in [3.63, 3.8) is 0 Å². The van der Waals surface area contributed by atoms with Gasteiger partial charge in [-0.2, -0.15) is 0 Å². The summed E-state index contributed by atoms with van der Waals surface area (Å²) in [6.45, 7) is 2.15. The van der Waals surface area contributed by atoms with Crippen molar-refractivity contribution in [2.45, 2.75) is 38.1 Å². The Morgan fingerprint density at radius 3 is 2.30 bits per heavy atom. The van der Waals surface area contributed by atoms with Crippen LogP contribution >= 0.6 is 0 Å². The SMILES string of the molecule is CS(=O)NC1(C)CCCC1. The van der Waals surface area contributed by atoms with E-state index in [4.69, 9.17) is 0 Å². The van der Waals surface area contributed by atoms with Gasteiger partial charge in [-0.1, -0.05) is 12.8 Å². The average Bonchev–Trinajstić information content (AvgIpc) is 2.12. The summed E-state index contributed by atoms with van der Waals surface area (Å²) >= 11 is 0. The van der Waals surface area contributed by atoms with Crippen molar-refractivity contribution in [3.8, 4) is 0 Å². The molecule has 0 saturated heterocycles. The lowest BCUT2D eigenvalue weighted by atomic mass is 10.0. The number of nitrogens with one attached hydrogen (secondary N) is 1. The second-order valence-corrected chi connectivity index (χ2v) is 4.44. The molecule has 0 aliphatic heterocycles. The molecule has 0 radical (unpaired) electrons. The molecule has 0 amide bonds. The second-order valence-electron chi connectivity index (χ2n) is 3.32. The summed E-state index contributed by atoms with van der Waals surface area (Å²) in [5.74, 6) is 0. The van der Waals surface area contributed by atoms with Gasteiger partial charge < -0.3 is 0 Å². The zero-order chi connectivity index (χ0) is 7.61. The first-order valence-corrected chi connectivity index (χ1v) is 5.29. The molecule has 0 spiro atoms. The van der Waals surface area contributed by atoms with Crippen LogP contribution in [0.25, 0.3) is 0 Å². The molecule has 0 aromatic heterocycles. The molecule has 1 atom stereocenters. The quantitative estimate of drug-likeness (QED) is 0.648. The van der Waals surface area contributed by atoms with E-state index in [0.29, 0.717) is 0 Å². The molecule has 60 valence electrons. The lowest BCUT2D eigenvalue weighted by Crippen LogP contribution is -2.39. The van der Waals surface area contributed by atoms with Gasteiger partial charge in [0.15, 0.2) is 0 Å². The Bertz CT molecular complexity index is 141. The fourth-order valence-corrected chi connectivity index (χ4v) is 2.50. The van der Waals surface area contributed by atoms with Crippen molar-refractivity contribution in [2.24, 2.45) is 0 Å². The van der Waals surface area contributed by atoms with E-state index in [9.17, 15) is 4.21 Å². The Hall–Kier alpha value is 0.110. The van der Waals surface area contributed by atoms with Crippen molar-refractivity contribution in [1.29, 1.82) is 0 Å². The maximum Gasteiger partial charge on any atom is 0.0888 e. The summed E-state index contributed by atoms with van der Waals surface area (Å²) in [6, 6.07) is 0. The topological polar surface area (TPSA) is 29.1 Å². The van der Waals surface area contributed by atoms with E-state index >= 15 is 0 Å². The molecule has 2 nitrogen and oxygen atoms in total. The van der Waals surface area contributed by atoms with Crippen LogP contribution in [-0.4, -0.2) is 16.0 Å². The lowest BCUT2D eigenvalue weighted by molar-refractivity contribution is 0.443. The third-order valence-electron chi connectivity index (χ3n) is 2.10. The van der Waals surface area contributed by atoms with Gasteiger partial charge in [0, 0.05) is 11.8 Å². The van der Waals surface area contributed by atoms with Crippen LogP contribution < -0.4 is 4.72 Å². The minimum Gasteiger partial charge on any atom is -0.243 e. The van der Waals surface area contributed by atoms with Gasteiger partial charge in [0.1, 0.15) is 0 Å². The molecule has 0 aromatic carbocycles. The molecule has 1 unspecified atom stereocenters. The van der Waals surface area contributed by atoms with E-state index in [1.54, 1.807) is 6.26 Å². The highest BCUT2D eigenvalue weighted by molar-refractivity contribution is 7.82. The van der Waals surface area contributed by atoms with Gasteiger partial charge in [-0.15, -0.1) is 0 Å². The predicted molar refractivity (Wildman–Crippen MR) is 44.1 cm³/mol. The van der Waals surface area contributed by atoms with Crippen molar-refractivity contribution < 1.29 is 4.21 Å². The van der Waals surface area contributed by atoms with Crippen molar-refractivity contribution >= 4 is 11.0 Å². The van der Waals surface area contributed by atoms with Crippen LogP contribution in [0.3, 0.4) is 0 Å². The van der Waals surface area contributed by atoms with Crippen molar-refractivity contribution in [3.05, 3.63) is 0 Å². The molecule has 1 aliphatic rings. The van der Waals surface area contributed by atoms with Crippen molar-refractivity contribution in [1.82, 2.24) is 4.72 Å². The zero-order valence-electron chi connectivity index (χ0n) is 6.64. The lowest BCUT2D eigenvalue weighted by Gasteiger charge is -2.22. The average molecular weight is 161 g/mol. The van der Waals surface area contributed by atoms with Gasteiger partial charge in [-0.05, 0) is 19.8 Å². The largest absolute Gasteiger partial charge is 0.243 e. The number of rotatable bonds is 2. The normalized spacial score (nSPS) is 26.6. The predicted octanol–water partition coefficient (Wildman–Crippen LogP) is 1.20. The van der Waals surface area contributed by atoms with E-state index in [0.717, 1.165) is 0 Å². The van der Waals surface area contributed by atoms with Gasteiger partial charge in [-0.25, -0.2) is 8.93 Å². The number of hydrogen-bond donors (Lipinski definition) is 1. The first-order chi connectivity index (χ1) is 4.62. The highest BCUT2D eigenvalue weighted by Gasteiger charge is 2.28. The molecule has 1 N–H and O–H groups in total. The zero-order valence-corrected chi connectivity index (χ0v) is 7.46. The molecule has 1 rings (SSSR count). The first kappa shape index (κ1) is 8.21. The van der Waals surface area contributed by atoms with E-state index in [-0.39, 0.29) is 5.54 Å². The van der Waals surface area contributed by atoms with E-state index < -0.39 is 11.0 Å². The van der Waals surface area contributed by atoms with E-state index in [1.807, 2.05) is 0 Å². The summed E-state index contributed by atoms with van der Waals surface area (Å²) in [5.41, 5.74) is 0.166. The summed E-state index contributed by atoms with van der Waals surface area (Å²) < 4.78 is 13.9.